The summed E-state index contributed by atoms with van der Waals surface area (Å²) in [5, 5.41) is 22.5. The van der Waals surface area contributed by atoms with Crippen LogP contribution in [0.4, 0.5) is 26.3 Å². The van der Waals surface area contributed by atoms with Crippen LogP contribution >= 0.6 is 11.3 Å². The summed E-state index contributed by atoms with van der Waals surface area (Å²) in [7, 11) is 0. The monoisotopic (exact) mass is 811 g/mol. The van der Waals surface area contributed by atoms with Crippen molar-refractivity contribution in [2.45, 2.75) is 94.3 Å². The first kappa shape index (κ1) is 41.3. The SMILES string of the molecule is CCCC1N(C(=O)c2ncccc2C(F)(F)F)CCCC1(Oc1csc(C(F)(F)F)c1)C(=O)N1CCC(O)(c2ccccc2OCC2CCC(C(=O)O)C2)CC1. The Bertz CT molecular complexity index is 1900. The molecule has 4 atom stereocenters. The highest BCUT2D eigenvalue weighted by atomic mass is 32.1. The number of carbonyl (C=O) groups is 3. The van der Waals surface area contributed by atoms with Crippen molar-refractivity contribution in [2.75, 3.05) is 26.2 Å². The van der Waals surface area contributed by atoms with Gasteiger partial charge in [-0.15, -0.1) is 11.3 Å². The molecule has 17 heteroatoms. The van der Waals surface area contributed by atoms with Crippen LogP contribution in [-0.4, -0.2) is 80.7 Å². The van der Waals surface area contributed by atoms with Crippen molar-refractivity contribution in [2.24, 2.45) is 11.8 Å². The van der Waals surface area contributed by atoms with Crippen LogP contribution in [0, 0.1) is 11.8 Å². The van der Waals surface area contributed by atoms with Gasteiger partial charge in [0, 0.05) is 49.3 Å². The summed E-state index contributed by atoms with van der Waals surface area (Å²) in [6.07, 6.45) is -6.33. The second kappa shape index (κ2) is 16.2. The highest BCUT2D eigenvalue weighted by Gasteiger charge is 2.57. The third-order valence-electron chi connectivity index (χ3n) is 11.1. The fraction of sp³-hybridized carbons (Fsp3) is 0.538. The summed E-state index contributed by atoms with van der Waals surface area (Å²) in [5.74, 6) is -2.83. The quantitative estimate of drug-likeness (QED) is 0.188. The molecule has 3 fully saturated rings. The number of aromatic nitrogens is 1. The molecule has 2 amide bonds. The summed E-state index contributed by atoms with van der Waals surface area (Å²) >= 11 is 0.365. The number of piperidine rings is 2. The van der Waals surface area contributed by atoms with Gasteiger partial charge in [0.25, 0.3) is 11.8 Å². The Hall–Kier alpha value is -4.38. The number of thiophene rings is 1. The lowest BCUT2D eigenvalue weighted by atomic mass is 9.78. The van der Waals surface area contributed by atoms with Crippen molar-refractivity contribution >= 4 is 29.1 Å². The number of para-hydroxylation sites is 1. The minimum Gasteiger partial charge on any atom is -0.493 e. The number of hydrogen-bond acceptors (Lipinski definition) is 8. The van der Waals surface area contributed by atoms with E-state index in [0.29, 0.717) is 48.3 Å². The fourth-order valence-electron chi connectivity index (χ4n) is 8.33. The van der Waals surface area contributed by atoms with E-state index in [1.165, 1.54) is 4.90 Å². The van der Waals surface area contributed by atoms with Crippen molar-refractivity contribution in [3.63, 3.8) is 0 Å². The number of aliphatic hydroxyl groups is 1. The maximum Gasteiger partial charge on any atom is 0.425 e. The highest BCUT2D eigenvalue weighted by Crippen LogP contribution is 2.45. The lowest BCUT2D eigenvalue weighted by Crippen LogP contribution is -2.68. The number of alkyl halides is 6. The van der Waals surface area contributed by atoms with Gasteiger partial charge < -0.3 is 29.5 Å². The molecule has 10 nitrogen and oxygen atoms in total. The second-order valence-electron chi connectivity index (χ2n) is 14.8. The van der Waals surface area contributed by atoms with E-state index in [9.17, 15) is 50.9 Å². The second-order valence-corrected chi connectivity index (χ2v) is 15.7. The lowest BCUT2D eigenvalue weighted by molar-refractivity contribution is -0.163. The molecule has 1 aromatic carbocycles. The molecule has 4 unspecified atom stereocenters. The number of hydrogen-bond donors (Lipinski definition) is 2. The molecule has 0 radical (unpaired) electrons. The van der Waals surface area contributed by atoms with Gasteiger partial charge in [0.05, 0.1) is 29.7 Å². The van der Waals surface area contributed by atoms with E-state index in [-0.39, 0.29) is 70.0 Å². The van der Waals surface area contributed by atoms with Gasteiger partial charge in [0.1, 0.15) is 22.1 Å². The first-order chi connectivity index (χ1) is 26.5. The number of carboxylic acids is 1. The fourth-order valence-corrected chi connectivity index (χ4v) is 9.00. The summed E-state index contributed by atoms with van der Waals surface area (Å²) in [4.78, 5) is 45.8. The normalized spacial score (nSPS) is 24.2. The maximum atomic E-state index is 14.9. The van der Waals surface area contributed by atoms with Gasteiger partial charge in [0.2, 0.25) is 5.60 Å². The number of aliphatic carboxylic acids is 1. The zero-order valence-electron chi connectivity index (χ0n) is 30.6. The third-order valence-corrected chi connectivity index (χ3v) is 12.1. The Labute approximate surface area is 323 Å². The molecule has 2 saturated heterocycles. The number of benzene rings is 1. The van der Waals surface area contributed by atoms with Crippen molar-refractivity contribution < 1.29 is 60.4 Å². The standard InChI is InChI=1S/C39H43F6N3O7S/c1-2-7-30-37(55-26-21-31(56-23-26)39(43,44)45,13-6-17-48(30)33(49)32-28(38(40,41)42)9-5-16-46-32)35(52)47-18-14-36(53,15-19-47)27-8-3-4-10-29(27)54-22-24-11-12-25(20-24)34(50)51/h3-5,8-10,16,21,23-25,30,53H,2,6-7,11-15,17-20,22H2,1H3,(H,50,51). The van der Waals surface area contributed by atoms with E-state index in [2.05, 4.69) is 4.98 Å². The van der Waals surface area contributed by atoms with Gasteiger partial charge in [0.15, 0.2) is 0 Å². The molecule has 0 spiro atoms. The van der Waals surface area contributed by atoms with E-state index < -0.39 is 69.4 Å². The van der Waals surface area contributed by atoms with Crippen molar-refractivity contribution in [1.82, 2.24) is 14.8 Å². The number of rotatable bonds is 11. The summed E-state index contributed by atoms with van der Waals surface area (Å²) in [6.45, 7) is 1.90. The average Bonchev–Trinajstić information content (AvgIpc) is 3.85. The molecule has 4 heterocycles. The van der Waals surface area contributed by atoms with Gasteiger partial charge in [-0.1, -0.05) is 31.5 Å². The first-order valence-corrected chi connectivity index (χ1v) is 19.5. The summed E-state index contributed by atoms with van der Waals surface area (Å²) in [6, 6.07) is 8.28. The van der Waals surface area contributed by atoms with Gasteiger partial charge in [-0.2, -0.15) is 26.3 Å². The Kier molecular flexibility index (Phi) is 12.0. The molecule has 3 aliphatic rings. The highest BCUT2D eigenvalue weighted by molar-refractivity contribution is 7.10. The van der Waals surface area contributed by atoms with Crippen LogP contribution < -0.4 is 9.47 Å². The third kappa shape index (κ3) is 8.48. The molecule has 1 saturated carbocycles. The van der Waals surface area contributed by atoms with Crippen LogP contribution in [0.2, 0.25) is 0 Å². The summed E-state index contributed by atoms with van der Waals surface area (Å²) < 4.78 is 95.8. The van der Waals surface area contributed by atoms with E-state index in [4.69, 9.17) is 9.47 Å². The Morgan fingerprint density at radius 1 is 0.982 bits per heavy atom. The Morgan fingerprint density at radius 3 is 2.36 bits per heavy atom. The molecule has 6 rings (SSSR count). The minimum absolute atomic E-state index is 0.0274. The number of nitrogens with zero attached hydrogens (tertiary/aromatic N) is 3. The molecule has 304 valence electrons. The number of ether oxygens (including phenoxy) is 2. The van der Waals surface area contributed by atoms with Crippen LogP contribution in [0.25, 0.3) is 0 Å². The molecular weight excluding hydrogens is 768 g/mol. The Morgan fingerprint density at radius 2 is 1.71 bits per heavy atom. The van der Waals surface area contributed by atoms with Crippen LogP contribution in [0.1, 0.15) is 91.2 Å². The van der Waals surface area contributed by atoms with Crippen LogP contribution in [0.5, 0.6) is 11.5 Å². The van der Waals surface area contributed by atoms with E-state index >= 15 is 0 Å². The minimum atomic E-state index is -4.92. The van der Waals surface area contributed by atoms with Crippen LogP contribution in [-0.2, 0) is 27.5 Å². The predicted octanol–water partition coefficient (Wildman–Crippen LogP) is 7.79. The van der Waals surface area contributed by atoms with Gasteiger partial charge in [-0.05, 0) is 69.1 Å². The average molecular weight is 812 g/mol. The predicted molar refractivity (Wildman–Crippen MR) is 191 cm³/mol. The van der Waals surface area contributed by atoms with E-state index in [1.54, 1.807) is 31.2 Å². The summed E-state index contributed by atoms with van der Waals surface area (Å²) in [5.41, 5.74) is -5.09. The van der Waals surface area contributed by atoms with E-state index in [1.807, 2.05) is 0 Å². The molecule has 3 aromatic rings. The van der Waals surface area contributed by atoms with Gasteiger partial charge >= 0.3 is 18.3 Å². The van der Waals surface area contributed by atoms with Gasteiger partial charge in [-0.25, -0.2) is 0 Å². The zero-order chi connectivity index (χ0) is 40.5. The lowest BCUT2D eigenvalue weighted by Gasteiger charge is -2.51. The smallest absolute Gasteiger partial charge is 0.425 e. The first-order valence-electron chi connectivity index (χ1n) is 18.6. The number of halogens is 6. The van der Waals surface area contributed by atoms with Crippen molar-refractivity contribution in [3.05, 3.63) is 75.7 Å². The van der Waals surface area contributed by atoms with Crippen molar-refractivity contribution in [3.8, 4) is 11.5 Å². The number of pyridine rings is 1. The maximum absolute atomic E-state index is 14.9. The molecular formula is C39H43F6N3O7S. The number of carboxylic acid groups (broad SMARTS) is 1. The molecule has 0 bridgehead atoms. The van der Waals surface area contributed by atoms with Gasteiger partial charge in [-0.3, -0.25) is 19.4 Å². The number of carbonyl (C=O) groups excluding carboxylic acids is 2. The molecule has 2 aromatic heterocycles. The molecule has 2 aliphatic heterocycles. The zero-order valence-corrected chi connectivity index (χ0v) is 31.4. The molecule has 2 N–H and O–H groups in total. The Balaban J connectivity index is 1.29. The largest absolute Gasteiger partial charge is 0.493 e. The van der Waals surface area contributed by atoms with Crippen LogP contribution in [0.15, 0.2) is 54.0 Å². The number of likely N-dealkylation sites (tertiary alicyclic amines) is 2. The molecule has 1 aliphatic carbocycles. The number of amides is 2. The van der Waals surface area contributed by atoms with E-state index in [0.717, 1.165) is 34.7 Å². The molecule has 56 heavy (non-hydrogen) atoms. The topological polar surface area (TPSA) is 130 Å². The van der Waals surface area contributed by atoms with Crippen molar-refractivity contribution in [1.29, 1.82) is 0 Å². The van der Waals surface area contributed by atoms with Crippen LogP contribution in [0.3, 0.4) is 0 Å².